The lowest BCUT2D eigenvalue weighted by Gasteiger charge is -2.16. The number of hydroxylamine groups is 1. The molecular weight excluding hydrogens is 270 g/mol. The van der Waals surface area contributed by atoms with E-state index >= 15 is 0 Å². The minimum absolute atomic E-state index is 0.325. The lowest BCUT2D eigenvalue weighted by atomic mass is 10.0. The van der Waals surface area contributed by atoms with Crippen LogP contribution >= 0.6 is 11.6 Å². The summed E-state index contributed by atoms with van der Waals surface area (Å²) in [4.78, 5) is 22.9. The summed E-state index contributed by atoms with van der Waals surface area (Å²) in [6, 6.07) is 6.35. The Hall–Kier alpha value is -1.59. The van der Waals surface area contributed by atoms with Gasteiger partial charge in [-0.2, -0.15) is 0 Å². The molecule has 0 spiro atoms. The molecule has 1 aromatic carbocycles. The standard InChI is InChI=1S/C13H16ClNO4/c1-8(12(16)15-18)7-9(2)19-13(17)10-3-5-11(14)6-4-10/h3-6,8-9,18H,7H2,1-2H3,(H,15,16). The van der Waals surface area contributed by atoms with E-state index in [0.29, 0.717) is 17.0 Å². The Kier molecular flexibility index (Phi) is 5.79. The summed E-state index contributed by atoms with van der Waals surface area (Å²) in [6.45, 7) is 3.33. The predicted molar refractivity (Wildman–Crippen MR) is 70.0 cm³/mol. The van der Waals surface area contributed by atoms with Crippen molar-refractivity contribution in [2.45, 2.75) is 26.4 Å². The average molecular weight is 286 g/mol. The SMILES string of the molecule is CC(CC(C)C(=O)NO)OC(=O)c1ccc(Cl)cc1. The van der Waals surface area contributed by atoms with Gasteiger partial charge in [0.25, 0.3) is 0 Å². The van der Waals surface area contributed by atoms with Crippen LogP contribution in [-0.4, -0.2) is 23.2 Å². The van der Waals surface area contributed by atoms with Crippen LogP contribution < -0.4 is 5.48 Å². The minimum atomic E-state index is -0.505. The minimum Gasteiger partial charge on any atom is -0.459 e. The average Bonchev–Trinajstić information content (AvgIpc) is 2.38. The molecule has 0 radical (unpaired) electrons. The molecule has 2 atom stereocenters. The van der Waals surface area contributed by atoms with Gasteiger partial charge >= 0.3 is 5.97 Å². The van der Waals surface area contributed by atoms with Crippen molar-refractivity contribution in [1.82, 2.24) is 5.48 Å². The number of carbonyl (C=O) groups is 2. The van der Waals surface area contributed by atoms with Crippen LogP contribution in [0.5, 0.6) is 0 Å². The first kappa shape index (κ1) is 15.5. The number of rotatable bonds is 5. The van der Waals surface area contributed by atoms with Gasteiger partial charge < -0.3 is 4.74 Å². The monoisotopic (exact) mass is 285 g/mol. The third-order valence-electron chi connectivity index (χ3n) is 2.63. The van der Waals surface area contributed by atoms with Crippen LogP contribution in [0, 0.1) is 5.92 Å². The number of amides is 1. The largest absolute Gasteiger partial charge is 0.459 e. The number of hydrogen-bond acceptors (Lipinski definition) is 4. The predicted octanol–water partition coefficient (Wildman–Crippen LogP) is 2.42. The van der Waals surface area contributed by atoms with E-state index in [9.17, 15) is 9.59 Å². The van der Waals surface area contributed by atoms with E-state index in [1.54, 1.807) is 43.6 Å². The number of benzene rings is 1. The highest BCUT2D eigenvalue weighted by Gasteiger charge is 2.19. The van der Waals surface area contributed by atoms with Crippen LogP contribution in [0.1, 0.15) is 30.6 Å². The van der Waals surface area contributed by atoms with Crippen molar-refractivity contribution in [2.75, 3.05) is 0 Å². The van der Waals surface area contributed by atoms with E-state index in [4.69, 9.17) is 21.5 Å². The van der Waals surface area contributed by atoms with Crippen molar-refractivity contribution in [3.8, 4) is 0 Å². The molecule has 0 heterocycles. The summed E-state index contributed by atoms with van der Waals surface area (Å²) < 4.78 is 5.20. The van der Waals surface area contributed by atoms with E-state index < -0.39 is 23.9 Å². The fraction of sp³-hybridized carbons (Fsp3) is 0.385. The Bertz CT molecular complexity index is 446. The Balaban J connectivity index is 2.52. The van der Waals surface area contributed by atoms with Gasteiger partial charge in [0.15, 0.2) is 0 Å². The summed E-state index contributed by atoms with van der Waals surface area (Å²) >= 11 is 5.72. The Morgan fingerprint density at radius 3 is 2.42 bits per heavy atom. The van der Waals surface area contributed by atoms with Crippen LogP contribution in [0.2, 0.25) is 5.02 Å². The fourth-order valence-corrected chi connectivity index (χ4v) is 1.73. The number of halogens is 1. The quantitative estimate of drug-likeness (QED) is 0.495. The van der Waals surface area contributed by atoms with Gasteiger partial charge in [-0.15, -0.1) is 0 Å². The summed E-state index contributed by atoms with van der Waals surface area (Å²) in [5.41, 5.74) is 1.97. The molecule has 0 aliphatic carbocycles. The summed E-state index contributed by atoms with van der Waals surface area (Å²) in [7, 11) is 0. The maximum atomic E-state index is 11.8. The van der Waals surface area contributed by atoms with Crippen molar-refractivity contribution < 1.29 is 19.5 Å². The molecule has 0 aromatic heterocycles. The molecular formula is C13H16ClNO4. The molecule has 1 amide bonds. The zero-order chi connectivity index (χ0) is 14.4. The number of nitrogens with one attached hydrogen (secondary N) is 1. The van der Waals surface area contributed by atoms with Crippen molar-refractivity contribution in [3.63, 3.8) is 0 Å². The summed E-state index contributed by atoms with van der Waals surface area (Å²) in [5.74, 6) is -1.42. The molecule has 2 unspecified atom stereocenters. The smallest absolute Gasteiger partial charge is 0.338 e. The van der Waals surface area contributed by atoms with Gasteiger partial charge in [0.1, 0.15) is 6.10 Å². The maximum absolute atomic E-state index is 11.8. The number of hydrogen-bond donors (Lipinski definition) is 2. The van der Waals surface area contributed by atoms with Gasteiger partial charge in [-0.05, 0) is 37.6 Å². The molecule has 1 aromatic rings. The highest BCUT2D eigenvalue weighted by molar-refractivity contribution is 6.30. The van der Waals surface area contributed by atoms with Gasteiger partial charge in [0, 0.05) is 10.9 Å². The van der Waals surface area contributed by atoms with Crippen molar-refractivity contribution in [2.24, 2.45) is 5.92 Å². The van der Waals surface area contributed by atoms with Crippen molar-refractivity contribution in [1.29, 1.82) is 0 Å². The van der Waals surface area contributed by atoms with Crippen molar-refractivity contribution >= 4 is 23.5 Å². The third-order valence-corrected chi connectivity index (χ3v) is 2.88. The highest BCUT2D eigenvalue weighted by Crippen LogP contribution is 2.14. The van der Waals surface area contributed by atoms with Gasteiger partial charge in [-0.25, -0.2) is 10.3 Å². The topological polar surface area (TPSA) is 75.6 Å². The lowest BCUT2D eigenvalue weighted by Crippen LogP contribution is -2.29. The Labute approximate surface area is 116 Å². The normalized spacial score (nSPS) is 13.5. The van der Waals surface area contributed by atoms with Crippen LogP contribution in [0.3, 0.4) is 0 Å². The zero-order valence-corrected chi connectivity index (χ0v) is 11.5. The molecule has 1 rings (SSSR count). The lowest BCUT2D eigenvalue weighted by molar-refractivity contribution is -0.133. The molecule has 0 fully saturated rings. The first-order valence-corrected chi connectivity index (χ1v) is 6.22. The molecule has 19 heavy (non-hydrogen) atoms. The molecule has 0 aliphatic heterocycles. The first-order valence-electron chi connectivity index (χ1n) is 5.84. The Morgan fingerprint density at radius 2 is 1.89 bits per heavy atom. The molecule has 6 heteroatoms. The number of esters is 1. The van der Waals surface area contributed by atoms with E-state index in [2.05, 4.69) is 0 Å². The number of carbonyl (C=O) groups excluding carboxylic acids is 2. The van der Waals surface area contributed by atoms with Crippen LogP contribution in [0.25, 0.3) is 0 Å². The van der Waals surface area contributed by atoms with Crippen LogP contribution in [-0.2, 0) is 9.53 Å². The third kappa shape index (κ3) is 4.89. The second kappa shape index (κ2) is 7.11. The summed E-state index contributed by atoms with van der Waals surface area (Å²) in [6.07, 6.45) is -0.110. The molecule has 0 saturated heterocycles. The highest BCUT2D eigenvalue weighted by atomic mass is 35.5. The van der Waals surface area contributed by atoms with Crippen LogP contribution in [0.4, 0.5) is 0 Å². The maximum Gasteiger partial charge on any atom is 0.338 e. The molecule has 104 valence electrons. The van der Waals surface area contributed by atoms with Gasteiger partial charge in [0.2, 0.25) is 5.91 Å². The first-order chi connectivity index (χ1) is 8.93. The van der Waals surface area contributed by atoms with Gasteiger partial charge in [-0.3, -0.25) is 10.0 Å². The van der Waals surface area contributed by atoms with Gasteiger partial charge in [-0.1, -0.05) is 18.5 Å². The zero-order valence-electron chi connectivity index (χ0n) is 10.7. The van der Waals surface area contributed by atoms with E-state index in [0.717, 1.165) is 0 Å². The second-order valence-electron chi connectivity index (χ2n) is 4.34. The molecule has 0 bridgehead atoms. The van der Waals surface area contributed by atoms with E-state index in [1.807, 2.05) is 0 Å². The van der Waals surface area contributed by atoms with Crippen LogP contribution in [0.15, 0.2) is 24.3 Å². The van der Waals surface area contributed by atoms with E-state index in [1.165, 1.54) is 0 Å². The molecule has 0 saturated carbocycles. The Morgan fingerprint density at radius 1 is 1.32 bits per heavy atom. The molecule has 2 N–H and O–H groups in total. The van der Waals surface area contributed by atoms with Gasteiger partial charge in [0.05, 0.1) is 5.56 Å². The molecule has 5 nitrogen and oxygen atoms in total. The fourth-order valence-electron chi connectivity index (χ4n) is 1.60. The summed E-state index contributed by atoms with van der Waals surface area (Å²) in [5, 5.41) is 9.02. The number of ether oxygens (including phenoxy) is 1. The van der Waals surface area contributed by atoms with E-state index in [-0.39, 0.29) is 0 Å². The van der Waals surface area contributed by atoms with Crippen molar-refractivity contribution in [3.05, 3.63) is 34.9 Å². The second-order valence-corrected chi connectivity index (χ2v) is 4.77. The molecule has 0 aliphatic rings.